The topological polar surface area (TPSA) is 102 Å². The largest absolute Gasteiger partial charge is 0.544 e. The summed E-state index contributed by atoms with van der Waals surface area (Å²) in [6.45, 7) is 4.42. The van der Waals surface area contributed by atoms with Gasteiger partial charge in [0.1, 0.15) is 12.6 Å². The summed E-state index contributed by atoms with van der Waals surface area (Å²) in [4.78, 5) is 37.0. The van der Waals surface area contributed by atoms with Crippen molar-refractivity contribution in [1.29, 1.82) is 0 Å². The Morgan fingerprint density at radius 3 is 1.30 bits per heavy atom. The Morgan fingerprint density at radius 2 is 0.883 bits per heavy atom. The van der Waals surface area contributed by atoms with Crippen LogP contribution in [0.15, 0.2) is 72.9 Å². The molecule has 8 heteroatoms. The molecule has 2 unspecified atom stereocenters. The number of aliphatic carboxylic acids is 1. The van der Waals surface area contributed by atoms with Gasteiger partial charge in [0.25, 0.3) is 0 Å². The van der Waals surface area contributed by atoms with Crippen LogP contribution < -0.4 is 5.11 Å². The third-order valence-corrected chi connectivity index (χ3v) is 10.3. The van der Waals surface area contributed by atoms with Crippen molar-refractivity contribution in [2.24, 2.45) is 0 Å². The summed E-state index contributed by atoms with van der Waals surface area (Å²) in [7, 11) is 5.40. The van der Waals surface area contributed by atoms with Crippen molar-refractivity contribution in [3.05, 3.63) is 72.9 Å². The van der Waals surface area contributed by atoms with E-state index >= 15 is 0 Å². The van der Waals surface area contributed by atoms with E-state index in [1.165, 1.54) is 64.2 Å². The molecule has 0 aliphatic rings. The number of unbranched alkanes of at least 4 members (excludes halogenated alkanes) is 16. The first-order valence-corrected chi connectivity index (χ1v) is 24.0. The molecule has 2 atom stereocenters. The van der Waals surface area contributed by atoms with Crippen LogP contribution in [0.3, 0.4) is 0 Å². The quantitative estimate of drug-likeness (QED) is 0.0261. The van der Waals surface area contributed by atoms with Gasteiger partial charge in [0.15, 0.2) is 6.10 Å². The second kappa shape index (κ2) is 42.5. The minimum absolute atomic E-state index is 0.0319. The second-order valence-electron chi connectivity index (χ2n) is 16.9. The number of hydrogen-bond donors (Lipinski definition) is 0. The van der Waals surface area contributed by atoms with Crippen molar-refractivity contribution in [1.82, 2.24) is 0 Å². The normalized spacial score (nSPS) is 13.6. The summed E-state index contributed by atoms with van der Waals surface area (Å²) in [5.74, 6) is -1.76. The number of allylic oxidation sites excluding steroid dienone is 12. The number of hydrogen-bond acceptors (Lipinski definition) is 7. The molecule has 0 saturated carbocycles. The molecule has 0 heterocycles. The van der Waals surface area contributed by atoms with E-state index in [0.717, 1.165) is 89.9 Å². The number of carbonyl (C=O) groups excluding carboxylic acids is 3. The standard InChI is InChI=1S/C52H89NO7/c1-6-8-10-12-14-16-18-20-22-24-25-26-27-29-31-33-35-37-39-41-43-51(55)60-48(46-58-45-44-49(52(56)57)53(3,4)5)47-59-50(54)42-40-38-36-34-32-30-28-23-21-19-17-15-13-11-9-7-2/h8-11,14-17,20-23,48-49H,6-7,12-13,18-19,24-47H2,1-5H3/b10-8+,11-9+,16-14+,17-15+,22-20+,23-21+. The van der Waals surface area contributed by atoms with E-state index in [4.69, 9.17) is 14.2 Å². The maximum atomic E-state index is 12.8. The lowest BCUT2D eigenvalue weighted by atomic mass is 10.0. The van der Waals surface area contributed by atoms with Gasteiger partial charge in [-0.1, -0.05) is 164 Å². The van der Waals surface area contributed by atoms with Crippen LogP contribution in [0.4, 0.5) is 0 Å². The molecule has 0 aliphatic carbocycles. The van der Waals surface area contributed by atoms with Gasteiger partial charge in [0.2, 0.25) is 0 Å². The van der Waals surface area contributed by atoms with E-state index in [2.05, 4.69) is 86.8 Å². The monoisotopic (exact) mass is 840 g/mol. The van der Waals surface area contributed by atoms with Crippen molar-refractivity contribution in [2.75, 3.05) is 41.0 Å². The molecule has 8 nitrogen and oxygen atoms in total. The molecule has 0 radical (unpaired) electrons. The van der Waals surface area contributed by atoms with E-state index < -0.39 is 18.1 Å². The number of nitrogens with zero attached hydrogens (tertiary/aromatic N) is 1. The molecule has 0 saturated heterocycles. The van der Waals surface area contributed by atoms with Gasteiger partial charge >= 0.3 is 11.9 Å². The Labute approximate surface area is 368 Å². The Hall–Kier alpha value is -3.23. The minimum atomic E-state index is -1.13. The molecule has 0 bridgehead atoms. The van der Waals surface area contributed by atoms with E-state index in [1.807, 2.05) is 0 Å². The summed E-state index contributed by atoms with van der Waals surface area (Å²) in [5.41, 5.74) is 0. The fourth-order valence-electron chi connectivity index (χ4n) is 6.69. The number of esters is 2. The SMILES string of the molecule is CC/C=C/C/C=C/C/C=C/CCCCCCCCCCCCC(=O)OC(COCCC(C(=O)[O-])[N+](C)(C)C)COC(=O)CCCCCCCC/C=C/C/C=C/C/C=C/CC. The predicted octanol–water partition coefficient (Wildman–Crippen LogP) is 12.2. The Bertz CT molecular complexity index is 1210. The van der Waals surface area contributed by atoms with Crippen molar-refractivity contribution >= 4 is 17.9 Å². The van der Waals surface area contributed by atoms with Crippen LogP contribution in [0, 0.1) is 0 Å². The molecule has 0 rings (SSSR count). The fourth-order valence-corrected chi connectivity index (χ4v) is 6.69. The summed E-state index contributed by atoms with van der Waals surface area (Å²) >= 11 is 0. The van der Waals surface area contributed by atoms with Gasteiger partial charge in [0.05, 0.1) is 40.3 Å². The van der Waals surface area contributed by atoms with Crippen LogP contribution in [-0.2, 0) is 28.6 Å². The van der Waals surface area contributed by atoms with Crippen molar-refractivity contribution in [3.63, 3.8) is 0 Å². The zero-order valence-electron chi connectivity index (χ0n) is 39.1. The first kappa shape index (κ1) is 56.8. The third-order valence-electron chi connectivity index (χ3n) is 10.3. The zero-order valence-corrected chi connectivity index (χ0v) is 39.1. The lowest BCUT2D eigenvalue weighted by Gasteiger charge is -2.34. The zero-order chi connectivity index (χ0) is 44.2. The maximum absolute atomic E-state index is 12.8. The minimum Gasteiger partial charge on any atom is -0.544 e. The molecule has 0 N–H and O–H groups in total. The van der Waals surface area contributed by atoms with Crippen LogP contribution in [-0.4, -0.2) is 75.5 Å². The first-order chi connectivity index (χ1) is 29.1. The molecular weight excluding hydrogens is 751 g/mol. The van der Waals surface area contributed by atoms with E-state index in [0.29, 0.717) is 12.8 Å². The number of likely N-dealkylation sites (N-methyl/N-ethyl adjacent to an activating group) is 1. The highest BCUT2D eigenvalue weighted by Crippen LogP contribution is 2.14. The van der Waals surface area contributed by atoms with E-state index in [1.54, 1.807) is 21.1 Å². The van der Waals surface area contributed by atoms with Crippen LogP contribution >= 0.6 is 0 Å². The van der Waals surface area contributed by atoms with Crippen molar-refractivity contribution < 1.29 is 38.2 Å². The average Bonchev–Trinajstić information content (AvgIpc) is 3.21. The highest BCUT2D eigenvalue weighted by Gasteiger charge is 2.25. The molecule has 0 fully saturated rings. The first-order valence-electron chi connectivity index (χ1n) is 24.0. The molecule has 0 aliphatic heterocycles. The lowest BCUT2D eigenvalue weighted by molar-refractivity contribution is -0.889. The van der Waals surface area contributed by atoms with Crippen LogP contribution in [0.1, 0.15) is 187 Å². The maximum Gasteiger partial charge on any atom is 0.306 e. The second-order valence-corrected chi connectivity index (χ2v) is 16.9. The summed E-state index contributed by atoms with van der Waals surface area (Å²) in [5, 5.41) is 11.6. The van der Waals surface area contributed by atoms with E-state index in [9.17, 15) is 19.5 Å². The molecule has 0 spiro atoms. The van der Waals surface area contributed by atoms with Crippen LogP contribution in [0.25, 0.3) is 0 Å². The van der Waals surface area contributed by atoms with Gasteiger partial charge in [-0.05, 0) is 77.0 Å². The van der Waals surface area contributed by atoms with Gasteiger partial charge in [-0.3, -0.25) is 9.59 Å². The molecule has 0 amide bonds. The summed E-state index contributed by atoms with van der Waals surface area (Å²) < 4.78 is 17.2. The fraction of sp³-hybridized carbons (Fsp3) is 0.712. The number of rotatable bonds is 42. The van der Waals surface area contributed by atoms with Gasteiger partial charge in [-0.15, -0.1) is 0 Å². The average molecular weight is 840 g/mol. The number of carboxylic acid groups (broad SMARTS) is 1. The van der Waals surface area contributed by atoms with Gasteiger partial charge in [0, 0.05) is 19.3 Å². The smallest absolute Gasteiger partial charge is 0.306 e. The Balaban J connectivity index is 4.31. The number of quaternary nitrogens is 1. The summed E-state index contributed by atoms with van der Waals surface area (Å²) in [6.07, 6.45) is 53.5. The van der Waals surface area contributed by atoms with Gasteiger partial charge in [-0.25, -0.2) is 0 Å². The van der Waals surface area contributed by atoms with Gasteiger partial charge in [-0.2, -0.15) is 0 Å². The number of carboxylic acids is 1. The summed E-state index contributed by atoms with van der Waals surface area (Å²) in [6, 6.07) is -0.732. The van der Waals surface area contributed by atoms with Crippen LogP contribution in [0.5, 0.6) is 0 Å². The molecule has 344 valence electrons. The highest BCUT2D eigenvalue weighted by molar-refractivity contribution is 5.70. The predicted molar refractivity (Wildman–Crippen MR) is 249 cm³/mol. The Kier molecular flexibility index (Phi) is 40.2. The van der Waals surface area contributed by atoms with E-state index in [-0.39, 0.29) is 42.7 Å². The molecular formula is C52H89NO7. The number of ether oxygens (including phenoxy) is 3. The number of carbonyl (C=O) groups is 3. The highest BCUT2D eigenvalue weighted by atomic mass is 16.6. The van der Waals surface area contributed by atoms with Crippen molar-refractivity contribution in [2.45, 2.75) is 199 Å². The molecule has 0 aromatic heterocycles. The van der Waals surface area contributed by atoms with Crippen molar-refractivity contribution in [3.8, 4) is 0 Å². The molecule has 0 aromatic rings. The lowest BCUT2D eigenvalue weighted by Crippen LogP contribution is -2.55. The third kappa shape index (κ3) is 40.2. The van der Waals surface area contributed by atoms with Gasteiger partial charge < -0.3 is 28.6 Å². The molecule has 0 aromatic carbocycles. The van der Waals surface area contributed by atoms with Crippen LogP contribution in [0.2, 0.25) is 0 Å². The Morgan fingerprint density at radius 1 is 0.500 bits per heavy atom. The molecule has 60 heavy (non-hydrogen) atoms.